The Kier molecular flexibility index (Phi) is 7.65. The molecule has 0 spiro atoms. The van der Waals surface area contributed by atoms with Crippen LogP contribution in [0.1, 0.15) is 52.7 Å². The number of nitrogens with two attached hydrogens (primary N) is 1. The summed E-state index contributed by atoms with van der Waals surface area (Å²) in [6, 6.07) is -0.525. The van der Waals surface area contributed by atoms with Gasteiger partial charge in [0.2, 0.25) is 5.78 Å². The van der Waals surface area contributed by atoms with Crippen molar-refractivity contribution in [2.24, 2.45) is 17.6 Å². The number of aliphatic hydroxyl groups is 4. The molecule has 0 aromatic heterocycles. The summed E-state index contributed by atoms with van der Waals surface area (Å²) in [7, 11) is 2.92. The minimum absolute atomic E-state index is 0.132. The van der Waals surface area contributed by atoms with E-state index in [4.69, 9.17) is 5.73 Å². The molecule has 43 heavy (non-hydrogen) atoms. The normalized spacial score (nSPS) is 29.7. The molecule has 1 aromatic rings. The summed E-state index contributed by atoms with van der Waals surface area (Å²) >= 11 is 0. The molecule has 1 heterocycles. The first-order valence-electron chi connectivity index (χ1n) is 14.0. The molecule has 5 atom stereocenters. The average Bonchev–Trinajstić information content (AvgIpc) is 3.31. The third-order valence-corrected chi connectivity index (χ3v) is 9.43. The molecule has 4 aliphatic rings. The van der Waals surface area contributed by atoms with E-state index in [0.29, 0.717) is 19.4 Å². The highest BCUT2D eigenvalue weighted by molar-refractivity contribution is 6.24. The Hall–Kier alpha value is -3.46. The second kappa shape index (κ2) is 10.6. The van der Waals surface area contributed by atoms with Crippen molar-refractivity contribution >= 4 is 17.5 Å². The fraction of sp³-hybridized carbons (Fsp3) is 0.552. The molecule has 1 saturated heterocycles. The molecule has 11 nitrogen and oxygen atoms in total. The van der Waals surface area contributed by atoms with Crippen LogP contribution in [0.3, 0.4) is 0 Å². The second-order valence-corrected chi connectivity index (χ2v) is 12.0. The summed E-state index contributed by atoms with van der Waals surface area (Å²) in [6.07, 6.45) is -3.92. The van der Waals surface area contributed by atoms with E-state index < -0.39 is 98.7 Å². The van der Waals surface area contributed by atoms with Gasteiger partial charge in [-0.15, -0.1) is 0 Å². The number of allylic oxidation sites excluding steroid dienone is 1. The van der Waals surface area contributed by atoms with Gasteiger partial charge < -0.3 is 31.3 Å². The molecule has 234 valence electrons. The Morgan fingerprint density at radius 1 is 1.21 bits per heavy atom. The lowest BCUT2D eigenvalue weighted by molar-refractivity contribution is -0.148. The number of carbonyl (C=O) groups is 3. The molecule has 0 radical (unpaired) electrons. The molecule has 1 amide bonds. The van der Waals surface area contributed by atoms with E-state index >= 15 is 0 Å². The summed E-state index contributed by atoms with van der Waals surface area (Å²) in [5, 5.41) is 54.2. The van der Waals surface area contributed by atoms with E-state index in [0.717, 1.165) is 12.5 Å². The van der Waals surface area contributed by atoms with Crippen LogP contribution in [0.15, 0.2) is 28.7 Å². The van der Waals surface area contributed by atoms with Gasteiger partial charge in [-0.1, -0.05) is 0 Å². The third kappa shape index (κ3) is 4.62. The standard InChI is InChI=1S/C29H34F3N3O8/c1-34(2)22-16-9-12-8-15-19(23(38)18(12)25(40)28(16,43)26(41)20(24(22)39)27(33)42)17(37)10-13(21(15)29(30,31)32)11-35-6-3-4-14(35)5-7-36/h10,12,14,16,22,36-37,39-40,43H,3-9,11H2,1-2H3,(H2,33,42)/t12-,14-,16-,22-,28-/m0/s1. The van der Waals surface area contributed by atoms with Gasteiger partial charge in [0.25, 0.3) is 5.91 Å². The Morgan fingerprint density at radius 3 is 2.47 bits per heavy atom. The highest BCUT2D eigenvalue weighted by Gasteiger charge is 2.63. The van der Waals surface area contributed by atoms with Crippen LogP contribution < -0.4 is 5.73 Å². The van der Waals surface area contributed by atoms with Gasteiger partial charge in [-0.2, -0.15) is 13.2 Å². The van der Waals surface area contributed by atoms with Gasteiger partial charge in [-0.05, 0) is 75.9 Å². The van der Waals surface area contributed by atoms with E-state index in [9.17, 15) is 53.1 Å². The number of hydrogen-bond acceptors (Lipinski definition) is 10. The molecule has 14 heteroatoms. The van der Waals surface area contributed by atoms with Crippen molar-refractivity contribution in [3.05, 3.63) is 51.0 Å². The van der Waals surface area contributed by atoms with Crippen LogP contribution in [0.5, 0.6) is 5.75 Å². The van der Waals surface area contributed by atoms with Crippen LogP contribution in [0.4, 0.5) is 13.2 Å². The van der Waals surface area contributed by atoms with Gasteiger partial charge in [0.05, 0.1) is 17.2 Å². The number of ketones is 2. The first-order valence-corrected chi connectivity index (χ1v) is 14.0. The first kappa shape index (κ1) is 31.0. The molecular weight excluding hydrogens is 575 g/mol. The van der Waals surface area contributed by atoms with Crippen LogP contribution in [0.25, 0.3) is 0 Å². The minimum Gasteiger partial charge on any atom is -0.510 e. The predicted molar refractivity (Wildman–Crippen MR) is 144 cm³/mol. The maximum Gasteiger partial charge on any atom is 0.417 e. The van der Waals surface area contributed by atoms with E-state index in [1.165, 1.54) is 19.0 Å². The quantitative estimate of drug-likeness (QED) is 0.258. The van der Waals surface area contributed by atoms with Crippen molar-refractivity contribution in [2.45, 2.75) is 62.5 Å². The van der Waals surface area contributed by atoms with Crippen molar-refractivity contribution in [3.8, 4) is 5.75 Å². The largest absolute Gasteiger partial charge is 0.510 e. The highest BCUT2D eigenvalue weighted by atomic mass is 19.4. The summed E-state index contributed by atoms with van der Waals surface area (Å²) in [4.78, 5) is 42.4. The molecule has 1 aromatic carbocycles. The van der Waals surface area contributed by atoms with E-state index in [1.807, 2.05) is 0 Å². The number of primary amides is 1. The zero-order chi connectivity index (χ0) is 31.8. The number of amides is 1. The lowest BCUT2D eigenvalue weighted by Crippen LogP contribution is -2.63. The molecule has 0 bridgehead atoms. The number of likely N-dealkylation sites (tertiary alicyclic amines) is 1. The number of benzene rings is 1. The van der Waals surface area contributed by atoms with E-state index in [1.54, 1.807) is 4.90 Å². The maximum atomic E-state index is 14.7. The molecule has 1 aliphatic heterocycles. The number of aliphatic hydroxyl groups excluding tert-OH is 3. The van der Waals surface area contributed by atoms with Crippen molar-refractivity contribution in [2.75, 3.05) is 27.2 Å². The van der Waals surface area contributed by atoms with Gasteiger partial charge in [-0.25, -0.2) is 0 Å². The maximum absolute atomic E-state index is 14.7. The fourth-order valence-corrected chi connectivity index (χ4v) is 7.67. The van der Waals surface area contributed by atoms with Crippen molar-refractivity contribution in [3.63, 3.8) is 0 Å². The van der Waals surface area contributed by atoms with Crippen molar-refractivity contribution in [1.29, 1.82) is 0 Å². The number of fused-ring (bicyclic) bond motifs is 3. The Balaban J connectivity index is 1.67. The molecule has 1 fully saturated rings. The smallest absolute Gasteiger partial charge is 0.417 e. The lowest BCUT2D eigenvalue weighted by Gasteiger charge is -2.50. The first-order chi connectivity index (χ1) is 20.0. The molecular formula is C29H34F3N3O8. The number of carbonyl (C=O) groups excluding carboxylic acids is 3. The van der Waals surface area contributed by atoms with Gasteiger partial charge in [0.15, 0.2) is 11.4 Å². The van der Waals surface area contributed by atoms with Crippen LogP contribution >= 0.6 is 0 Å². The number of halogens is 3. The van der Waals surface area contributed by atoms with E-state index in [-0.39, 0.29) is 31.2 Å². The Morgan fingerprint density at radius 2 is 1.88 bits per heavy atom. The van der Waals surface area contributed by atoms with Crippen LogP contribution in [0.2, 0.25) is 0 Å². The molecule has 0 unspecified atom stereocenters. The number of rotatable bonds is 6. The Bertz CT molecular complexity index is 1470. The summed E-state index contributed by atoms with van der Waals surface area (Å²) in [6.45, 7) is 0.182. The summed E-state index contributed by atoms with van der Waals surface area (Å²) in [5.41, 5.74) is -1.54. The van der Waals surface area contributed by atoms with Crippen LogP contribution in [0, 0.1) is 11.8 Å². The number of aromatic hydroxyl groups is 1. The van der Waals surface area contributed by atoms with Gasteiger partial charge >= 0.3 is 6.18 Å². The van der Waals surface area contributed by atoms with Crippen molar-refractivity contribution in [1.82, 2.24) is 9.80 Å². The lowest BCUT2D eigenvalue weighted by atomic mass is 9.58. The van der Waals surface area contributed by atoms with Crippen molar-refractivity contribution < 1.29 is 53.1 Å². The number of phenols is 1. The number of nitrogens with zero attached hydrogens (tertiary/aromatic N) is 2. The summed E-state index contributed by atoms with van der Waals surface area (Å²) < 4.78 is 44.2. The number of likely N-dealkylation sites (N-methyl/N-ethyl adjacent to an activating group) is 1. The molecule has 7 N–H and O–H groups in total. The predicted octanol–water partition coefficient (Wildman–Crippen LogP) is 1.49. The average molecular weight is 610 g/mol. The van der Waals surface area contributed by atoms with Gasteiger partial charge in [0.1, 0.15) is 22.8 Å². The monoisotopic (exact) mass is 609 g/mol. The zero-order valence-corrected chi connectivity index (χ0v) is 23.6. The molecule has 0 saturated carbocycles. The second-order valence-electron chi connectivity index (χ2n) is 12.0. The number of Topliss-reactive ketones (excluding diaryl/α,β-unsaturated/α-hetero) is 2. The zero-order valence-electron chi connectivity index (χ0n) is 23.6. The SMILES string of the molecule is CN(C)[C@@H]1C(O)=C(C(N)=O)C(=O)[C@@]2(O)C(O)=C3C(=O)c4c(O)cc(CN5CCC[C@H]5CCO)c(C(F)(F)F)c4C[C@H]3C[C@@H]12. The number of hydrogen-bond donors (Lipinski definition) is 6. The van der Waals surface area contributed by atoms with Gasteiger partial charge in [0, 0.05) is 30.7 Å². The Labute approximate surface area is 244 Å². The molecule has 5 rings (SSSR count). The number of alkyl halides is 3. The van der Waals surface area contributed by atoms with Crippen LogP contribution in [-0.4, -0.2) is 97.7 Å². The molecule has 3 aliphatic carbocycles. The third-order valence-electron chi connectivity index (χ3n) is 9.43. The van der Waals surface area contributed by atoms with Crippen LogP contribution in [-0.2, 0) is 28.7 Å². The topological polar surface area (TPSA) is 185 Å². The summed E-state index contributed by atoms with van der Waals surface area (Å²) in [5.74, 6) is -9.13. The minimum atomic E-state index is -4.93. The van der Waals surface area contributed by atoms with Gasteiger partial charge in [-0.3, -0.25) is 24.2 Å². The number of phenolic OH excluding ortho intramolecular Hbond substituents is 1. The highest BCUT2D eigenvalue weighted by Crippen LogP contribution is 2.54. The van der Waals surface area contributed by atoms with E-state index in [2.05, 4.69) is 0 Å². The fourth-order valence-electron chi connectivity index (χ4n) is 7.67.